The number of aromatic nitrogens is 2. The Balaban J connectivity index is 1.64. The molecule has 0 aliphatic rings. The molecule has 1 amide bonds. The van der Waals surface area contributed by atoms with Gasteiger partial charge in [0.2, 0.25) is 11.0 Å². The Morgan fingerprint density at radius 1 is 1.07 bits per heavy atom. The van der Waals surface area contributed by atoms with Crippen LogP contribution in [-0.4, -0.2) is 24.5 Å². The Morgan fingerprint density at radius 3 is 2.31 bits per heavy atom. The zero-order valence-electron chi connectivity index (χ0n) is 15.1. The average Bonchev–Trinajstić information content (AvgIpc) is 3.10. The van der Waals surface area contributed by atoms with Crippen LogP contribution in [0.3, 0.4) is 0 Å². The number of hydrogen-bond donors (Lipinski definition) is 2. The smallest absolute Gasteiger partial charge is 0.261 e. The lowest BCUT2D eigenvalue weighted by Crippen LogP contribution is -2.15. The number of sulfonamides is 1. The van der Waals surface area contributed by atoms with Crippen molar-refractivity contribution < 1.29 is 13.2 Å². The predicted octanol–water partition coefficient (Wildman–Crippen LogP) is 4.39. The molecule has 0 atom stereocenters. The van der Waals surface area contributed by atoms with Crippen LogP contribution < -0.4 is 10.0 Å². The van der Waals surface area contributed by atoms with Gasteiger partial charge in [0.15, 0.2) is 0 Å². The van der Waals surface area contributed by atoms with Gasteiger partial charge in [0, 0.05) is 15.7 Å². The van der Waals surface area contributed by atoms with Gasteiger partial charge < -0.3 is 5.32 Å². The van der Waals surface area contributed by atoms with E-state index in [1.165, 1.54) is 29.5 Å². The largest absolute Gasteiger partial charge is 0.300 e. The van der Waals surface area contributed by atoms with Crippen molar-refractivity contribution in [2.45, 2.75) is 24.7 Å². The number of nitrogens with one attached hydrogen (secondary N) is 2. The highest BCUT2D eigenvalue weighted by molar-refractivity contribution is 7.92. The summed E-state index contributed by atoms with van der Waals surface area (Å²) in [5, 5.41) is 12.3. The van der Waals surface area contributed by atoms with Gasteiger partial charge in [-0.25, -0.2) is 8.42 Å². The van der Waals surface area contributed by atoms with Crippen LogP contribution in [-0.2, 0) is 27.7 Å². The van der Waals surface area contributed by atoms with Crippen molar-refractivity contribution in [2.24, 2.45) is 0 Å². The molecular weight excluding hydrogens is 455 g/mol. The fourth-order valence-electron chi connectivity index (χ4n) is 2.38. The SMILES string of the molecule is CCc1nnc(NC(=O)Cc2ccc(NS(=O)(=O)c3cc(Cl)cc(Cl)c3)cc2)s1. The summed E-state index contributed by atoms with van der Waals surface area (Å²) >= 11 is 13.1. The van der Waals surface area contributed by atoms with Crippen LogP contribution in [0.25, 0.3) is 0 Å². The lowest BCUT2D eigenvalue weighted by molar-refractivity contribution is -0.115. The van der Waals surface area contributed by atoms with Crippen LogP contribution in [0.5, 0.6) is 0 Å². The first-order valence-electron chi connectivity index (χ1n) is 8.45. The second-order valence-corrected chi connectivity index (χ2v) is 9.60. The van der Waals surface area contributed by atoms with Gasteiger partial charge in [0.1, 0.15) is 5.01 Å². The first kappa shape index (κ1) is 21.5. The lowest BCUT2D eigenvalue weighted by atomic mass is 10.1. The minimum absolute atomic E-state index is 0.0399. The van der Waals surface area contributed by atoms with Crippen molar-refractivity contribution in [3.8, 4) is 0 Å². The van der Waals surface area contributed by atoms with E-state index in [0.717, 1.165) is 17.0 Å². The number of carbonyl (C=O) groups is 1. The van der Waals surface area contributed by atoms with E-state index in [-0.39, 0.29) is 27.3 Å². The summed E-state index contributed by atoms with van der Waals surface area (Å²) in [5.41, 5.74) is 1.07. The Kier molecular flexibility index (Phi) is 6.74. The van der Waals surface area contributed by atoms with Gasteiger partial charge in [-0.2, -0.15) is 0 Å². The normalized spacial score (nSPS) is 11.3. The summed E-state index contributed by atoms with van der Waals surface area (Å²) in [4.78, 5) is 12.1. The Bertz CT molecular complexity index is 1110. The van der Waals surface area contributed by atoms with E-state index >= 15 is 0 Å². The average molecular weight is 471 g/mol. The number of halogens is 2. The number of anilines is 2. The van der Waals surface area contributed by atoms with Gasteiger partial charge in [0.05, 0.1) is 11.3 Å². The minimum Gasteiger partial charge on any atom is -0.300 e. The number of carbonyl (C=O) groups excluding carboxylic acids is 1. The zero-order chi connectivity index (χ0) is 21.0. The third-order valence-corrected chi connectivity index (χ3v) is 6.51. The molecule has 0 saturated carbocycles. The second-order valence-electron chi connectivity index (χ2n) is 5.99. The van der Waals surface area contributed by atoms with Crippen LogP contribution >= 0.6 is 34.5 Å². The molecule has 0 radical (unpaired) electrons. The molecule has 29 heavy (non-hydrogen) atoms. The molecule has 2 aromatic carbocycles. The van der Waals surface area contributed by atoms with Crippen molar-refractivity contribution in [3.05, 3.63) is 63.1 Å². The molecular formula is C18H16Cl2N4O3S2. The molecule has 0 aliphatic heterocycles. The maximum Gasteiger partial charge on any atom is 0.261 e. The summed E-state index contributed by atoms with van der Waals surface area (Å²) in [5.74, 6) is -0.231. The molecule has 7 nitrogen and oxygen atoms in total. The van der Waals surface area contributed by atoms with Crippen molar-refractivity contribution in [3.63, 3.8) is 0 Å². The minimum atomic E-state index is -3.85. The molecule has 152 valence electrons. The van der Waals surface area contributed by atoms with Gasteiger partial charge in [-0.3, -0.25) is 9.52 Å². The number of rotatable bonds is 7. The molecule has 1 aromatic heterocycles. The Morgan fingerprint density at radius 2 is 1.72 bits per heavy atom. The Labute approximate surface area is 182 Å². The molecule has 0 spiro atoms. The Hall–Kier alpha value is -2.20. The predicted molar refractivity (Wildman–Crippen MR) is 115 cm³/mol. The second kappa shape index (κ2) is 9.08. The van der Waals surface area contributed by atoms with Crippen LogP contribution in [0.4, 0.5) is 10.8 Å². The summed E-state index contributed by atoms with van der Waals surface area (Å²) < 4.78 is 27.4. The third kappa shape index (κ3) is 5.89. The number of benzene rings is 2. The van der Waals surface area contributed by atoms with Gasteiger partial charge in [0.25, 0.3) is 10.0 Å². The fraction of sp³-hybridized carbons (Fsp3) is 0.167. The van der Waals surface area contributed by atoms with Crippen molar-refractivity contribution in [2.75, 3.05) is 10.0 Å². The number of nitrogens with zero attached hydrogens (tertiary/aromatic N) is 2. The topological polar surface area (TPSA) is 101 Å². The molecule has 0 saturated heterocycles. The summed E-state index contributed by atoms with van der Waals surface area (Å²) in [6.45, 7) is 1.96. The highest BCUT2D eigenvalue weighted by Gasteiger charge is 2.16. The lowest BCUT2D eigenvalue weighted by Gasteiger charge is -2.10. The van der Waals surface area contributed by atoms with E-state index in [4.69, 9.17) is 23.2 Å². The van der Waals surface area contributed by atoms with Crippen molar-refractivity contribution >= 4 is 61.3 Å². The summed E-state index contributed by atoms with van der Waals surface area (Å²) in [6, 6.07) is 10.6. The first-order valence-corrected chi connectivity index (χ1v) is 11.5. The number of aryl methyl sites for hydroxylation is 1. The maximum absolute atomic E-state index is 12.5. The van der Waals surface area contributed by atoms with E-state index in [0.29, 0.717) is 10.8 Å². The van der Waals surface area contributed by atoms with E-state index in [1.807, 2.05) is 6.92 Å². The van der Waals surface area contributed by atoms with E-state index in [1.54, 1.807) is 24.3 Å². The summed E-state index contributed by atoms with van der Waals surface area (Å²) in [7, 11) is -3.85. The first-order chi connectivity index (χ1) is 13.7. The molecule has 0 bridgehead atoms. The molecule has 0 aliphatic carbocycles. The van der Waals surface area contributed by atoms with Gasteiger partial charge >= 0.3 is 0 Å². The van der Waals surface area contributed by atoms with E-state index in [2.05, 4.69) is 20.2 Å². The van der Waals surface area contributed by atoms with Gasteiger partial charge in [-0.1, -0.05) is 53.6 Å². The fourth-order valence-corrected chi connectivity index (χ4v) is 4.86. The van der Waals surface area contributed by atoms with E-state index in [9.17, 15) is 13.2 Å². The molecule has 3 rings (SSSR count). The summed E-state index contributed by atoms with van der Waals surface area (Å²) in [6.07, 6.45) is 0.879. The van der Waals surface area contributed by atoms with E-state index < -0.39 is 10.0 Å². The van der Waals surface area contributed by atoms with Crippen LogP contribution in [0, 0.1) is 0 Å². The van der Waals surface area contributed by atoms with Crippen LogP contribution in [0.2, 0.25) is 10.0 Å². The zero-order valence-corrected chi connectivity index (χ0v) is 18.3. The highest BCUT2D eigenvalue weighted by Crippen LogP contribution is 2.24. The maximum atomic E-state index is 12.5. The molecule has 2 N–H and O–H groups in total. The molecule has 1 heterocycles. The standard InChI is InChI=1S/C18H16Cl2N4O3S2/c1-2-17-22-23-18(28-17)21-16(25)7-11-3-5-14(6-4-11)24-29(26,27)15-9-12(19)8-13(20)10-15/h3-6,8-10,24H,2,7H2,1H3,(H,21,23,25). The van der Waals surface area contributed by atoms with Crippen LogP contribution in [0.15, 0.2) is 47.4 Å². The molecule has 0 unspecified atom stereocenters. The molecule has 0 fully saturated rings. The third-order valence-electron chi connectivity index (χ3n) is 3.73. The van der Waals surface area contributed by atoms with Gasteiger partial charge in [-0.05, 0) is 42.3 Å². The molecule has 3 aromatic rings. The van der Waals surface area contributed by atoms with Gasteiger partial charge in [-0.15, -0.1) is 10.2 Å². The van der Waals surface area contributed by atoms with Crippen molar-refractivity contribution in [1.29, 1.82) is 0 Å². The number of hydrogen-bond acceptors (Lipinski definition) is 6. The number of amides is 1. The quantitative estimate of drug-likeness (QED) is 0.532. The van der Waals surface area contributed by atoms with Crippen LogP contribution in [0.1, 0.15) is 17.5 Å². The highest BCUT2D eigenvalue weighted by atomic mass is 35.5. The monoisotopic (exact) mass is 470 g/mol. The molecule has 11 heteroatoms. The van der Waals surface area contributed by atoms with Crippen molar-refractivity contribution in [1.82, 2.24) is 10.2 Å².